The Kier molecular flexibility index (Phi) is 14.4. The Morgan fingerprint density at radius 3 is 1.85 bits per heavy atom. The number of nitrogens with one attached hydrogen (secondary N) is 1. The first-order valence-electron chi connectivity index (χ1n) is 17.2. The van der Waals surface area contributed by atoms with Gasteiger partial charge in [-0.1, -0.05) is 81.4 Å². The second kappa shape index (κ2) is 18.2. The highest BCUT2D eigenvalue weighted by molar-refractivity contribution is 7.89. The molecule has 0 saturated heterocycles. The van der Waals surface area contributed by atoms with Gasteiger partial charge in [-0.3, -0.25) is 4.79 Å². The average molecular weight is 811 g/mol. The third kappa shape index (κ3) is 10.8. The van der Waals surface area contributed by atoms with Crippen LogP contribution >= 0.6 is 11.3 Å². The van der Waals surface area contributed by atoms with Gasteiger partial charge in [-0.05, 0) is 47.2 Å². The monoisotopic (exact) mass is 810 g/mol. The zero-order valence-corrected chi connectivity index (χ0v) is 32.2. The summed E-state index contributed by atoms with van der Waals surface area (Å²) < 4.78 is 108. The summed E-state index contributed by atoms with van der Waals surface area (Å²) in [6.07, 6.45) is -6.98. The molecule has 3 atom stereocenters. The molecule has 1 aromatic heterocycles. The maximum atomic E-state index is 15.0. The van der Waals surface area contributed by atoms with Crippen molar-refractivity contribution in [3.63, 3.8) is 0 Å². The summed E-state index contributed by atoms with van der Waals surface area (Å²) in [5.41, 5.74) is -0.158. The van der Waals surface area contributed by atoms with E-state index in [9.17, 15) is 50.2 Å². The third-order valence-electron chi connectivity index (χ3n) is 9.06. The molecule has 0 aliphatic rings. The summed E-state index contributed by atoms with van der Waals surface area (Å²) in [5, 5.41) is 22.4. The molecule has 0 aliphatic carbocycles. The lowest BCUT2D eigenvalue weighted by Crippen LogP contribution is -2.46. The number of aliphatic hydroxyl groups is 2. The van der Waals surface area contributed by atoms with Gasteiger partial charge >= 0.3 is 12.3 Å². The van der Waals surface area contributed by atoms with Crippen LogP contribution in [0.2, 0.25) is 0 Å². The fraction of sp³-hybridized carbons (Fsp3) is 0.385. The molecule has 0 spiro atoms. The van der Waals surface area contributed by atoms with Crippen molar-refractivity contribution in [2.45, 2.75) is 75.2 Å². The summed E-state index contributed by atoms with van der Waals surface area (Å²) >= 11 is 0.528. The molecule has 0 unspecified atom stereocenters. The number of thiophene rings is 1. The van der Waals surface area contributed by atoms with Crippen molar-refractivity contribution in [2.75, 3.05) is 20.3 Å². The van der Waals surface area contributed by atoms with Crippen LogP contribution in [0.5, 0.6) is 0 Å². The van der Waals surface area contributed by atoms with Crippen LogP contribution in [-0.2, 0) is 26.2 Å². The number of sulfonamides is 1. The standard InChI is InChI=1S/C39H43F5N2O7S2/c1-38(2,3)17-18-46(55(51,52)26-19-29(40)27(22-47)30(41)20-26)31(23-48)34-16-15-33(54-34)28(39(42,43)44)21-32(49)36(45-37(50)53-4)35(24-11-7-5-8-12-24)25-13-9-6-10-14-25/h5-16,19-20,28,31,35-36,47-48H,17-18,21-23H2,1-4H3,(H,45,50)/t28-,31-,36-/m1/s1. The molecule has 3 N–H and O–H groups in total. The van der Waals surface area contributed by atoms with Gasteiger partial charge in [0.25, 0.3) is 0 Å². The van der Waals surface area contributed by atoms with E-state index >= 15 is 0 Å². The Morgan fingerprint density at radius 2 is 1.40 bits per heavy atom. The number of alkyl carbamates (subject to hydrolysis) is 1. The summed E-state index contributed by atoms with van der Waals surface area (Å²) in [6, 6.07) is 17.3. The predicted molar refractivity (Wildman–Crippen MR) is 197 cm³/mol. The van der Waals surface area contributed by atoms with Crippen molar-refractivity contribution in [2.24, 2.45) is 5.41 Å². The minimum absolute atomic E-state index is 0.0275. The van der Waals surface area contributed by atoms with E-state index in [1.165, 1.54) is 6.07 Å². The van der Waals surface area contributed by atoms with Gasteiger partial charge in [0.1, 0.15) is 17.7 Å². The number of alkyl halides is 3. The van der Waals surface area contributed by atoms with Crippen LogP contribution in [0.3, 0.4) is 0 Å². The number of amides is 1. The third-order valence-corrected chi connectivity index (χ3v) is 12.2. The van der Waals surface area contributed by atoms with Gasteiger partial charge in [0.05, 0.1) is 37.2 Å². The topological polar surface area (TPSA) is 133 Å². The van der Waals surface area contributed by atoms with Gasteiger partial charge in [0.15, 0.2) is 5.78 Å². The lowest BCUT2D eigenvalue weighted by atomic mass is 9.81. The second-order valence-corrected chi connectivity index (χ2v) is 17.1. The number of methoxy groups -OCH3 is 1. The molecule has 0 fully saturated rings. The van der Waals surface area contributed by atoms with Crippen LogP contribution in [0.1, 0.15) is 77.9 Å². The summed E-state index contributed by atoms with van der Waals surface area (Å²) in [4.78, 5) is 25.4. The molecule has 4 aromatic rings. The lowest BCUT2D eigenvalue weighted by Gasteiger charge is -2.32. The largest absolute Gasteiger partial charge is 0.453 e. The number of nitrogens with zero attached hydrogens (tertiary/aromatic N) is 1. The minimum atomic E-state index is -5.00. The number of Topliss-reactive ketones (excluding diaryl/α,β-unsaturated/α-hetero) is 1. The SMILES string of the molecule is COC(=O)N[C@H](C(=O)C[C@H](c1ccc([C@@H](CO)N(CCC(C)(C)C)S(=O)(=O)c2cc(F)c(CO)c(F)c2)s1)C(F)(F)F)C(c1ccccc1)c1ccccc1. The summed E-state index contributed by atoms with van der Waals surface area (Å²) in [6.45, 7) is 3.16. The summed E-state index contributed by atoms with van der Waals surface area (Å²) in [5.74, 6) is -6.95. The highest BCUT2D eigenvalue weighted by atomic mass is 32.2. The van der Waals surface area contributed by atoms with Crippen LogP contribution in [0, 0.1) is 17.0 Å². The molecule has 0 aliphatic heterocycles. The zero-order chi connectivity index (χ0) is 40.7. The van der Waals surface area contributed by atoms with E-state index in [0.717, 1.165) is 17.5 Å². The number of halogens is 5. The Balaban J connectivity index is 1.77. The Labute approximate surface area is 320 Å². The molecule has 9 nitrogen and oxygen atoms in total. The quantitative estimate of drug-likeness (QED) is 0.0983. The van der Waals surface area contributed by atoms with E-state index in [1.54, 1.807) is 81.4 Å². The van der Waals surface area contributed by atoms with Gasteiger partial charge in [-0.25, -0.2) is 22.0 Å². The molecule has 0 radical (unpaired) electrons. The van der Waals surface area contributed by atoms with E-state index < -0.39 is 99.1 Å². The number of hydrogen-bond donors (Lipinski definition) is 3. The smallest absolute Gasteiger partial charge is 0.407 e. The Morgan fingerprint density at radius 1 is 0.873 bits per heavy atom. The van der Waals surface area contributed by atoms with Gasteiger partial charge in [-0.2, -0.15) is 17.5 Å². The maximum Gasteiger partial charge on any atom is 0.407 e. The average Bonchev–Trinajstić information content (AvgIpc) is 3.60. The van der Waals surface area contributed by atoms with E-state index in [4.69, 9.17) is 4.74 Å². The number of benzene rings is 3. The molecule has 298 valence electrons. The number of carbonyl (C=O) groups is 2. The van der Waals surface area contributed by atoms with Crippen LogP contribution in [0.15, 0.2) is 89.8 Å². The highest BCUT2D eigenvalue weighted by Crippen LogP contribution is 2.44. The molecule has 1 amide bonds. The van der Waals surface area contributed by atoms with Crippen molar-refractivity contribution in [3.05, 3.63) is 123 Å². The molecular weight excluding hydrogens is 768 g/mol. The number of ketones is 1. The first kappa shape index (κ1) is 43.5. The van der Waals surface area contributed by atoms with Gasteiger partial charge in [-0.15, -0.1) is 11.3 Å². The molecule has 55 heavy (non-hydrogen) atoms. The summed E-state index contributed by atoms with van der Waals surface area (Å²) in [7, 11) is -3.75. The van der Waals surface area contributed by atoms with E-state index in [1.807, 2.05) is 0 Å². The lowest BCUT2D eigenvalue weighted by molar-refractivity contribution is -0.156. The Hall–Kier alpha value is -4.22. The zero-order valence-electron chi connectivity index (χ0n) is 30.5. The number of rotatable bonds is 16. The molecule has 4 rings (SSSR count). The van der Waals surface area contributed by atoms with Gasteiger partial charge < -0.3 is 20.3 Å². The maximum absolute atomic E-state index is 15.0. The highest BCUT2D eigenvalue weighted by Gasteiger charge is 2.46. The molecule has 1 heterocycles. The molecule has 3 aromatic carbocycles. The second-order valence-electron chi connectivity index (χ2n) is 14.1. The minimum Gasteiger partial charge on any atom is -0.453 e. The van der Waals surface area contributed by atoms with E-state index in [2.05, 4.69) is 5.32 Å². The van der Waals surface area contributed by atoms with Gasteiger partial charge in [0.2, 0.25) is 10.0 Å². The van der Waals surface area contributed by atoms with Crippen molar-refractivity contribution in [1.82, 2.24) is 9.62 Å². The van der Waals surface area contributed by atoms with Crippen LogP contribution in [0.25, 0.3) is 0 Å². The number of hydrogen-bond acceptors (Lipinski definition) is 8. The molecule has 0 saturated carbocycles. The van der Waals surface area contributed by atoms with Crippen molar-refractivity contribution < 1.29 is 54.9 Å². The van der Waals surface area contributed by atoms with Gasteiger partial charge in [0, 0.05) is 34.2 Å². The number of aliphatic hydroxyl groups excluding tert-OH is 2. The van der Waals surface area contributed by atoms with Crippen LogP contribution < -0.4 is 5.32 Å². The van der Waals surface area contributed by atoms with E-state index in [-0.39, 0.29) is 22.7 Å². The van der Waals surface area contributed by atoms with Crippen LogP contribution in [-0.4, -0.2) is 67.3 Å². The molecule has 0 bridgehead atoms. The van der Waals surface area contributed by atoms with Crippen molar-refractivity contribution in [1.29, 1.82) is 0 Å². The normalized spacial score (nSPS) is 14.1. The first-order valence-corrected chi connectivity index (χ1v) is 19.4. The predicted octanol–water partition coefficient (Wildman–Crippen LogP) is 7.84. The number of ether oxygens (including phenoxy) is 1. The van der Waals surface area contributed by atoms with Crippen molar-refractivity contribution >= 4 is 33.2 Å². The molecule has 16 heteroatoms. The van der Waals surface area contributed by atoms with E-state index in [0.29, 0.717) is 34.6 Å². The fourth-order valence-corrected chi connectivity index (χ4v) is 9.03. The first-order chi connectivity index (χ1) is 25.8. The number of carbonyl (C=O) groups excluding carboxylic acids is 2. The van der Waals surface area contributed by atoms with Crippen LogP contribution in [0.4, 0.5) is 26.7 Å². The van der Waals surface area contributed by atoms with Crippen molar-refractivity contribution in [3.8, 4) is 0 Å². The Bertz CT molecular complexity index is 1960. The fourth-order valence-electron chi connectivity index (χ4n) is 6.10. The molecular formula is C39H43F5N2O7S2.